The number of fused-ring (bicyclic) bond motifs is 1. The van der Waals surface area contributed by atoms with Crippen molar-refractivity contribution in [1.29, 1.82) is 0 Å². The fourth-order valence-electron chi connectivity index (χ4n) is 2.80. The number of carbonyl (C=O) groups is 1. The first-order valence-corrected chi connectivity index (χ1v) is 8.42. The van der Waals surface area contributed by atoms with Gasteiger partial charge in [-0.05, 0) is 43.3 Å². The van der Waals surface area contributed by atoms with Crippen LogP contribution in [0.4, 0.5) is 10.1 Å². The second-order valence-corrected chi connectivity index (χ2v) is 6.35. The second-order valence-electron chi connectivity index (χ2n) is 5.91. The van der Waals surface area contributed by atoms with E-state index in [1.165, 1.54) is 29.5 Å². The van der Waals surface area contributed by atoms with Crippen molar-refractivity contribution in [2.24, 2.45) is 0 Å². The van der Waals surface area contributed by atoms with Crippen molar-refractivity contribution in [2.75, 3.05) is 5.32 Å². The lowest BCUT2D eigenvalue weighted by molar-refractivity contribution is 0.102. The van der Waals surface area contributed by atoms with Crippen molar-refractivity contribution in [3.63, 3.8) is 0 Å². The highest BCUT2D eigenvalue weighted by Gasteiger charge is 2.15. The molecule has 0 fully saturated rings. The molecule has 8 heteroatoms. The van der Waals surface area contributed by atoms with E-state index in [-0.39, 0.29) is 11.7 Å². The standard InChI is InChI=1S/C19H13ClFN5O/c1-11-15(6-12-2-4-14(21)8-16(12)24-11)19(27)25-17-7-13(20)3-5-18(17)26-10-22-9-23-26/h2-10H,1H3,(H,25,27). The molecule has 0 aliphatic rings. The number of aromatic nitrogens is 4. The number of carbonyl (C=O) groups excluding carboxylic acids is 1. The molecule has 2 aromatic heterocycles. The lowest BCUT2D eigenvalue weighted by Crippen LogP contribution is -2.16. The highest BCUT2D eigenvalue weighted by Crippen LogP contribution is 2.25. The van der Waals surface area contributed by atoms with Crippen LogP contribution >= 0.6 is 11.6 Å². The maximum atomic E-state index is 13.4. The first-order valence-electron chi connectivity index (χ1n) is 8.04. The van der Waals surface area contributed by atoms with Gasteiger partial charge in [-0.25, -0.2) is 14.1 Å². The molecular formula is C19H13ClFN5O. The molecular weight excluding hydrogens is 369 g/mol. The molecule has 0 spiro atoms. The molecule has 4 aromatic rings. The Balaban J connectivity index is 1.73. The van der Waals surface area contributed by atoms with Crippen LogP contribution in [0.2, 0.25) is 5.02 Å². The van der Waals surface area contributed by atoms with Gasteiger partial charge in [-0.3, -0.25) is 9.78 Å². The largest absolute Gasteiger partial charge is 0.320 e. The fourth-order valence-corrected chi connectivity index (χ4v) is 2.97. The summed E-state index contributed by atoms with van der Waals surface area (Å²) >= 11 is 6.09. The van der Waals surface area contributed by atoms with Crippen LogP contribution in [0.1, 0.15) is 16.1 Å². The lowest BCUT2D eigenvalue weighted by atomic mass is 10.1. The van der Waals surface area contributed by atoms with Gasteiger partial charge in [0.2, 0.25) is 0 Å². The molecule has 0 saturated heterocycles. The third-order valence-electron chi connectivity index (χ3n) is 4.09. The summed E-state index contributed by atoms with van der Waals surface area (Å²) in [5.74, 6) is -0.724. The minimum absolute atomic E-state index is 0.352. The van der Waals surface area contributed by atoms with Crippen molar-refractivity contribution in [3.05, 3.63) is 77.2 Å². The number of nitrogens with one attached hydrogen (secondary N) is 1. The molecule has 1 N–H and O–H groups in total. The predicted octanol–water partition coefficient (Wildman–Crippen LogP) is 4.17. The van der Waals surface area contributed by atoms with Gasteiger partial charge in [-0.15, -0.1) is 0 Å². The van der Waals surface area contributed by atoms with Gasteiger partial charge in [0.05, 0.1) is 28.1 Å². The van der Waals surface area contributed by atoms with Crippen LogP contribution in [0, 0.1) is 12.7 Å². The van der Waals surface area contributed by atoms with E-state index < -0.39 is 0 Å². The van der Waals surface area contributed by atoms with E-state index in [4.69, 9.17) is 11.6 Å². The number of rotatable bonds is 3. The molecule has 6 nitrogen and oxygen atoms in total. The maximum absolute atomic E-state index is 13.4. The molecule has 1 amide bonds. The minimum Gasteiger partial charge on any atom is -0.320 e. The molecule has 0 unspecified atom stereocenters. The molecule has 0 aliphatic heterocycles. The first kappa shape index (κ1) is 17.1. The number of aryl methyl sites for hydroxylation is 1. The minimum atomic E-state index is -0.372. The highest BCUT2D eigenvalue weighted by atomic mass is 35.5. The Hall–Kier alpha value is -3.32. The zero-order valence-electron chi connectivity index (χ0n) is 14.1. The second kappa shape index (κ2) is 6.77. The number of hydrogen-bond acceptors (Lipinski definition) is 4. The van der Waals surface area contributed by atoms with E-state index in [1.807, 2.05) is 0 Å². The zero-order chi connectivity index (χ0) is 19.0. The van der Waals surface area contributed by atoms with Gasteiger partial charge in [0.1, 0.15) is 18.5 Å². The van der Waals surface area contributed by atoms with E-state index in [9.17, 15) is 9.18 Å². The number of benzene rings is 2. The topological polar surface area (TPSA) is 72.7 Å². The molecule has 0 radical (unpaired) electrons. The van der Waals surface area contributed by atoms with Crippen LogP contribution in [-0.2, 0) is 0 Å². The molecule has 27 heavy (non-hydrogen) atoms. The molecule has 0 atom stereocenters. The van der Waals surface area contributed by atoms with Crippen LogP contribution in [-0.4, -0.2) is 25.7 Å². The number of anilines is 1. The third kappa shape index (κ3) is 3.37. The zero-order valence-corrected chi connectivity index (χ0v) is 14.9. The van der Waals surface area contributed by atoms with Gasteiger partial charge in [0.25, 0.3) is 5.91 Å². The van der Waals surface area contributed by atoms with Crippen molar-refractivity contribution >= 4 is 34.1 Å². The predicted molar refractivity (Wildman–Crippen MR) is 101 cm³/mol. The average molecular weight is 382 g/mol. The van der Waals surface area contributed by atoms with Crippen LogP contribution < -0.4 is 5.32 Å². The Morgan fingerprint density at radius 3 is 2.81 bits per heavy atom. The quantitative estimate of drug-likeness (QED) is 0.578. The smallest absolute Gasteiger partial charge is 0.257 e. The molecule has 4 rings (SSSR count). The third-order valence-corrected chi connectivity index (χ3v) is 4.32. The number of nitrogens with zero attached hydrogens (tertiary/aromatic N) is 4. The summed E-state index contributed by atoms with van der Waals surface area (Å²) in [6.45, 7) is 1.70. The van der Waals surface area contributed by atoms with Crippen molar-refractivity contribution < 1.29 is 9.18 Å². The van der Waals surface area contributed by atoms with E-state index in [0.717, 1.165) is 0 Å². The number of hydrogen-bond donors (Lipinski definition) is 1. The Morgan fingerprint density at radius 2 is 2.04 bits per heavy atom. The molecule has 134 valence electrons. The van der Waals surface area contributed by atoms with Crippen LogP contribution in [0.3, 0.4) is 0 Å². The molecule has 0 bridgehead atoms. The first-order chi connectivity index (χ1) is 13.0. The molecule has 2 heterocycles. The van der Waals surface area contributed by atoms with Crippen LogP contribution in [0.5, 0.6) is 0 Å². The van der Waals surface area contributed by atoms with E-state index in [1.54, 1.807) is 37.3 Å². The van der Waals surface area contributed by atoms with Crippen LogP contribution in [0.15, 0.2) is 55.1 Å². The van der Waals surface area contributed by atoms with Crippen molar-refractivity contribution in [3.8, 4) is 5.69 Å². The lowest BCUT2D eigenvalue weighted by Gasteiger charge is -2.13. The average Bonchev–Trinajstić information content (AvgIpc) is 3.15. The van der Waals surface area contributed by atoms with Gasteiger partial charge in [0.15, 0.2) is 0 Å². The fraction of sp³-hybridized carbons (Fsp3) is 0.0526. The SMILES string of the molecule is Cc1nc2cc(F)ccc2cc1C(=O)Nc1cc(Cl)ccc1-n1cncn1. The monoisotopic (exact) mass is 381 g/mol. The molecule has 0 aliphatic carbocycles. The van der Waals surface area contributed by atoms with Gasteiger partial charge < -0.3 is 5.32 Å². The molecule has 2 aromatic carbocycles. The van der Waals surface area contributed by atoms with E-state index >= 15 is 0 Å². The summed E-state index contributed by atoms with van der Waals surface area (Å²) in [5.41, 5.74) is 2.49. The summed E-state index contributed by atoms with van der Waals surface area (Å²) in [6, 6.07) is 11.0. The Bertz CT molecular complexity index is 1160. The van der Waals surface area contributed by atoms with Gasteiger partial charge >= 0.3 is 0 Å². The Kier molecular flexibility index (Phi) is 4.29. The van der Waals surface area contributed by atoms with E-state index in [2.05, 4.69) is 20.4 Å². The number of pyridine rings is 1. The summed E-state index contributed by atoms with van der Waals surface area (Å²) in [4.78, 5) is 21.1. The van der Waals surface area contributed by atoms with Crippen molar-refractivity contribution in [2.45, 2.75) is 6.92 Å². The van der Waals surface area contributed by atoms with Gasteiger partial charge in [-0.2, -0.15) is 5.10 Å². The maximum Gasteiger partial charge on any atom is 0.257 e. The summed E-state index contributed by atoms with van der Waals surface area (Å²) in [6.07, 6.45) is 2.92. The molecule has 0 saturated carbocycles. The Labute approximate surface area is 158 Å². The number of amides is 1. The van der Waals surface area contributed by atoms with Crippen molar-refractivity contribution in [1.82, 2.24) is 19.7 Å². The van der Waals surface area contributed by atoms with Crippen LogP contribution in [0.25, 0.3) is 16.6 Å². The highest BCUT2D eigenvalue weighted by molar-refractivity contribution is 6.31. The number of halogens is 2. The van der Waals surface area contributed by atoms with Gasteiger partial charge in [-0.1, -0.05) is 11.6 Å². The Morgan fingerprint density at radius 1 is 1.19 bits per heavy atom. The van der Waals surface area contributed by atoms with E-state index in [0.29, 0.717) is 38.6 Å². The summed E-state index contributed by atoms with van der Waals surface area (Å²) in [5, 5.41) is 8.08. The normalized spacial score (nSPS) is 10.9. The summed E-state index contributed by atoms with van der Waals surface area (Å²) in [7, 11) is 0. The summed E-state index contributed by atoms with van der Waals surface area (Å²) < 4.78 is 14.9. The van der Waals surface area contributed by atoms with Gasteiger partial charge in [0, 0.05) is 16.5 Å².